The van der Waals surface area contributed by atoms with Crippen LogP contribution in [0.1, 0.15) is 57.9 Å². The molecule has 2 aromatic rings. The van der Waals surface area contributed by atoms with Crippen LogP contribution in [-0.2, 0) is 4.79 Å². The molecule has 1 N–H and O–H groups in total. The predicted octanol–water partition coefficient (Wildman–Crippen LogP) is 4.54. The second-order valence-corrected chi connectivity index (χ2v) is 8.38. The predicted molar refractivity (Wildman–Crippen MR) is 103 cm³/mol. The molecule has 3 rings (SSSR count). The Morgan fingerprint density at radius 2 is 1.88 bits per heavy atom. The zero-order valence-corrected chi connectivity index (χ0v) is 16.1. The summed E-state index contributed by atoms with van der Waals surface area (Å²) in [4.78, 5) is 16.9. The van der Waals surface area contributed by atoms with Crippen molar-refractivity contribution in [3.8, 4) is 5.69 Å². The maximum absolute atomic E-state index is 12.4. The second-order valence-electron chi connectivity index (χ2n) is 7.08. The summed E-state index contributed by atoms with van der Waals surface area (Å²) >= 11 is 1.51. The lowest BCUT2D eigenvalue weighted by Gasteiger charge is -2.17. The van der Waals surface area contributed by atoms with Gasteiger partial charge in [-0.05, 0) is 43.4 Å². The molecule has 1 saturated carbocycles. The highest BCUT2D eigenvalue weighted by atomic mass is 32.2. The fraction of sp³-hybridized carbons (Fsp3) is 0.500. The maximum atomic E-state index is 12.4. The molecule has 1 aliphatic rings. The number of benzene rings is 1. The molecule has 1 aromatic heterocycles. The number of thioether (sulfide) groups is 1. The number of imidazole rings is 1. The Bertz CT molecular complexity index is 702. The van der Waals surface area contributed by atoms with Crippen molar-refractivity contribution in [2.45, 2.75) is 68.8 Å². The van der Waals surface area contributed by atoms with E-state index in [4.69, 9.17) is 0 Å². The Kier molecular flexibility index (Phi) is 5.84. The lowest BCUT2D eigenvalue weighted by atomic mass is 10.0. The highest BCUT2D eigenvalue weighted by Crippen LogP contribution is 2.26. The van der Waals surface area contributed by atoms with Crippen LogP contribution in [0.4, 0.5) is 0 Å². The van der Waals surface area contributed by atoms with Crippen LogP contribution in [0.15, 0.2) is 41.8 Å². The molecule has 4 nitrogen and oxygen atoms in total. The lowest BCUT2D eigenvalue weighted by Crippen LogP contribution is -2.37. The fourth-order valence-electron chi connectivity index (χ4n) is 3.19. The SMILES string of the molecule is CC(C)c1ccc(-n2ccnc2S[C@@H](C)C(=O)NC2CCCC2)cc1. The molecule has 0 unspecified atom stereocenters. The van der Waals surface area contributed by atoms with E-state index in [1.165, 1.54) is 30.2 Å². The van der Waals surface area contributed by atoms with Gasteiger partial charge in [-0.25, -0.2) is 4.98 Å². The first-order chi connectivity index (χ1) is 12.0. The first-order valence-electron chi connectivity index (χ1n) is 9.15. The monoisotopic (exact) mass is 357 g/mol. The normalized spacial score (nSPS) is 16.3. The van der Waals surface area contributed by atoms with Gasteiger partial charge in [0.25, 0.3) is 0 Å². The van der Waals surface area contributed by atoms with Crippen molar-refractivity contribution in [2.75, 3.05) is 0 Å². The standard InChI is InChI=1S/C20H27N3OS/c1-14(2)16-8-10-18(11-9-16)23-13-12-21-20(23)25-15(3)19(24)22-17-6-4-5-7-17/h8-15,17H,4-7H2,1-3H3,(H,22,24)/t15-/m0/s1. The van der Waals surface area contributed by atoms with Gasteiger partial charge in [-0.1, -0.05) is 50.6 Å². The second kappa shape index (κ2) is 8.09. The third-order valence-electron chi connectivity index (χ3n) is 4.80. The number of carbonyl (C=O) groups excluding carboxylic acids is 1. The highest BCUT2D eigenvalue weighted by molar-refractivity contribution is 8.00. The van der Waals surface area contributed by atoms with Gasteiger partial charge in [-0.2, -0.15) is 0 Å². The third-order valence-corrected chi connectivity index (χ3v) is 5.88. The maximum Gasteiger partial charge on any atom is 0.233 e. The smallest absolute Gasteiger partial charge is 0.233 e. The summed E-state index contributed by atoms with van der Waals surface area (Å²) in [6.07, 6.45) is 8.42. The number of rotatable bonds is 6. The van der Waals surface area contributed by atoms with Gasteiger partial charge in [-0.3, -0.25) is 9.36 Å². The summed E-state index contributed by atoms with van der Waals surface area (Å²) in [5.74, 6) is 0.631. The van der Waals surface area contributed by atoms with E-state index in [1.807, 2.05) is 17.7 Å². The average molecular weight is 358 g/mol. The minimum absolute atomic E-state index is 0.113. The van der Waals surface area contributed by atoms with Crippen molar-refractivity contribution in [2.24, 2.45) is 0 Å². The lowest BCUT2D eigenvalue weighted by molar-refractivity contribution is -0.120. The molecule has 0 bridgehead atoms. The van der Waals surface area contributed by atoms with E-state index in [9.17, 15) is 4.79 Å². The summed E-state index contributed by atoms with van der Waals surface area (Å²) in [7, 11) is 0. The minimum atomic E-state index is -0.156. The van der Waals surface area contributed by atoms with E-state index in [1.54, 1.807) is 6.20 Å². The molecule has 1 amide bonds. The van der Waals surface area contributed by atoms with E-state index in [2.05, 4.69) is 48.4 Å². The molecule has 1 aromatic carbocycles. The van der Waals surface area contributed by atoms with Gasteiger partial charge in [0.2, 0.25) is 5.91 Å². The summed E-state index contributed by atoms with van der Waals surface area (Å²) < 4.78 is 2.05. The third kappa shape index (κ3) is 4.46. The average Bonchev–Trinajstić information content (AvgIpc) is 3.26. The van der Waals surface area contributed by atoms with Gasteiger partial charge < -0.3 is 5.32 Å². The number of hydrogen-bond donors (Lipinski definition) is 1. The van der Waals surface area contributed by atoms with Crippen LogP contribution in [0, 0.1) is 0 Å². The number of carbonyl (C=O) groups is 1. The summed E-state index contributed by atoms with van der Waals surface area (Å²) in [6, 6.07) is 8.91. The van der Waals surface area contributed by atoms with Crippen LogP contribution in [0.3, 0.4) is 0 Å². The van der Waals surface area contributed by atoms with Gasteiger partial charge in [0.05, 0.1) is 5.25 Å². The number of amides is 1. The zero-order valence-electron chi connectivity index (χ0n) is 15.2. The van der Waals surface area contributed by atoms with Gasteiger partial charge in [0.15, 0.2) is 5.16 Å². The van der Waals surface area contributed by atoms with Crippen LogP contribution in [-0.4, -0.2) is 26.8 Å². The van der Waals surface area contributed by atoms with Crippen molar-refractivity contribution in [3.63, 3.8) is 0 Å². The van der Waals surface area contributed by atoms with Crippen LogP contribution in [0.2, 0.25) is 0 Å². The molecule has 1 fully saturated rings. The van der Waals surface area contributed by atoms with Crippen LogP contribution in [0.5, 0.6) is 0 Å². The summed E-state index contributed by atoms with van der Waals surface area (Å²) in [5.41, 5.74) is 2.40. The van der Waals surface area contributed by atoms with Crippen molar-refractivity contribution < 1.29 is 4.79 Å². The Balaban J connectivity index is 1.67. The first-order valence-corrected chi connectivity index (χ1v) is 10.0. The zero-order chi connectivity index (χ0) is 17.8. The molecule has 5 heteroatoms. The van der Waals surface area contributed by atoms with E-state index >= 15 is 0 Å². The minimum Gasteiger partial charge on any atom is -0.352 e. The number of nitrogens with one attached hydrogen (secondary N) is 1. The molecule has 25 heavy (non-hydrogen) atoms. The summed E-state index contributed by atoms with van der Waals surface area (Å²) in [5, 5.41) is 3.87. The van der Waals surface area contributed by atoms with E-state index in [0.29, 0.717) is 12.0 Å². The first kappa shape index (κ1) is 18.1. The molecule has 1 heterocycles. The quantitative estimate of drug-likeness (QED) is 0.772. The summed E-state index contributed by atoms with van der Waals surface area (Å²) in [6.45, 7) is 6.34. The molecular formula is C20H27N3OS. The fourth-order valence-corrected chi connectivity index (χ4v) is 4.09. The van der Waals surface area contributed by atoms with Crippen molar-refractivity contribution in [1.82, 2.24) is 14.9 Å². The molecule has 0 saturated heterocycles. The van der Waals surface area contributed by atoms with E-state index in [0.717, 1.165) is 23.7 Å². The van der Waals surface area contributed by atoms with E-state index in [-0.39, 0.29) is 11.2 Å². The molecular weight excluding hydrogens is 330 g/mol. The van der Waals surface area contributed by atoms with Gasteiger partial charge in [0.1, 0.15) is 0 Å². The van der Waals surface area contributed by atoms with Crippen LogP contribution in [0.25, 0.3) is 5.69 Å². The molecule has 134 valence electrons. The molecule has 0 spiro atoms. The van der Waals surface area contributed by atoms with Crippen molar-refractivity contribution >= 4 is 17.7 Å². The topological polar surface area (TPSA) is 46.9 Å². The number of aromatic nitrogens is 2. The Morgan fingerprint density at radius 1 is 1.20 bits per heavy atom. The van der Waals surface area contributed by atoms with Crippen LogP contribution >= 0.6 is 11.8 Å². The van der Waals surface area contributed by atoms with Crippen molar-refractivity contribution in [1.29, 1.82) is 0 Å². The molecule has 1 aliphatic carbocycles. The number of hydrogen-bond acceptors (Lipinski definition) is 3. The Morgan fingerprint density at radius 3 is 2.52 bits per heavy atom. The van der Waals surface area contributed by atoms with E-state index < -0.39 is 0 Å². The molecule has 1 atom stereocenters. The highest BCUT2D eigenvalue weighted by Gasteiger charge is 2.22. The number of nitrogens with zero attached hydrogens (tertiary/aromatic N) is 2. The Labute approximate surface area is 154 Å². The van der Waals surface area contributed by atoms with Crippen molar-refractivity contribution in [3.05, 3.63) is 42.2 Å². The largest absolute Gasteiger partial charge is 0.352 e. The molecule has 0 radical (unpaired) electrons. The van der Waals surface area contributed by atoms with Gasteiger partial charge in [-0.15, -0.1) is 0 Å². The van der Waals surface area contributed by atoms with Gasteiger partial charge in [0, 0.05) is 24.1 Å². The molecule has 0 aliphatic heterocycles. The van der Waals surface area contributed by atoms with Crippen LogP contribution < -0.4 is 5.32 Å². The van der Waals surface area contributed by atoms with Gasteiger partial charge >= 0.3 is 0 Å². The Hall–Kier alpha value is -1.75.